The van der Waals surface area contributed by atoms with Gasteiger partial charge in [0.05, 0.1) is 0 Å². The Bertz CT molecular complexity index is 803. The minimum Gasteiger partial charge on any atom is -0.337 e. The van der Waals surface area contributed by atoms with E-state index in [9.17, 15) is 4.79 Å². The van der Waals surface area contributed by atoms with Crippen LogP contribution in [0.3, 0.4) is 0 Å². The third-order valence-electron chi connectivity index (χ3n) is 4.01. The van der Waals surface area contributed by atoms with Crippen molar-refractivity contribution in [2.75, 3.05) is 12.4 Å². The average Bonchev–Trinajstić information content (AvgIpc) is 2.92. The van der Waals surface area contributed by atoms with E-state index in [2.05, 4.69) is 21.0 Å². The molecule has 1 atom stereocenters. The van der Waals surface area contributed by atoms with Gasteiger partial charge in [0.1, 0.15) is 5.82 Å². The van der Waals surface area contributed by atoms with Gasteiger partial charge in [-0.1, -0.05) is 0 Å². The number of thiophene rings is 1. The predicted molar refractivity (Wildman–Crippen MR) is 93.1 cm³/mol. The molecular formula is C16H20N4OS. The van der Waals surface area contributed by atoms with Gasteiger partial charge in [-0.15, -0.1) is 0 Å². The molecule has 116 valence electrons. The molecule has 0 spiro atoms. The third kappa shape index (κ3) is 2.28. The molecule has 0 amide bonds. The van der Waals surface area contributed by atoms with Gasteiger partial charge in [-0.3, -0.25) is 14.7 Å². The summed E-state index contributed by atoms with van der Waals surface area (Å²) in [5, 5.41) is 10.5. The maximum absolute atomic E-state index is 12.9. The van der Waals surface area contributed by atoms with Gasteiger partial charge in [0, 0.05) is 28.9 Å². The van der Waals surface area contributed by atoms with Crippen LogP contribution in [0, 0.1) is 6.92 Å². The number of aromatic nitrogens is 1. The van der Waals surface area contributed by atoms with Crippen LogP contribution in [-0.2, 0) is 6.54 Å². The van der Waals surface area contributed by atoms with Gasteiger partial charge < -0.3 is 5.32 Å². The number of aliphatic imine (C=N–C) groups is 1. The van der Waals surface area contributed by atoms with Crippen molar-refractivity contribution >= 4 is 22.9 Å². The number of anilines is 1. The number of hydrogen-bond acceptors (Lipinski definition) is 5. The molecule has 22 heavy (non-hydrogen) atoms. The lowest BCUT2D eigenvalue weighted by molar-refractivity contribution is 0.626. The number of nitrogens with one attached hydrogen (secondary N) is 2. The topological polar surface area (TPSA) is 58.4 Å². The number of nitrogens with zero attached hydrogens (tertiary/aromatic N) is 2. The molecular weight excluding hydrogens is 296 g/mol. The fourth-order valence-corrected chi connectivity index (χ4v) is 3.64. The van der Waals surface area contributed by atoms with E-state index in [1.54, 1.807) is 15.9 Å². The molecule has 2 aromatic heterocycles. The van der Waals surface area contributed by atoms with Crippen molar-refractivity contribution in [3.05, 3.63) is 38.3 Å². The van der Waals surface area contributed by atoms with Gasteiger partial charge in [0.25, 0.3) is 5.56 Å². The maximum Gasteiger partial charge on any atom is 0.260 e. The van der Waals surface area contributed by atoms with Crippen LogP contribution in [0.5, 0.6) is 0 Å². The maximum atomic E-state index is 12.9. The number of rotatable bonds is 3. The Morgan fingerprint density at radius 3 is 2.68 bits per heavy atom. The number of fused-ring (bicyclic) bond motifs is 1. The zero-order chi connectivity index (χ0) is 15.9. The summed E-state index contributed by atoms with van der Waals surface area (Å²) in [5.74, 6) is 0.844. The fourth-order valence-electron chi connectivity index (χ4n) is 2.79. The second-order valence-electron chi connectivity index (χ2n) is 5.39. The van der Waals surface area contributed by atoms with Crippen LogP contribution in [0.1, 0.15) is 25.0 Å². The van der Waals surface area contributed by atoms with Crippen molar-refractivity contribution in [3.8, 4) is 11.1 Å². The summed E-state index contributed by atoms with van der Waals surface area (Å²) in [6, 6.07) is 1.97. The van der Waals surface area contributed by atoms with Crippen molar-refractivity contribution in [3.63, 3.8) is 0 Å². The summed E-state index contributed by atoms with van der Waals surface area (Å²) in [6.45, 7) is 6.63. The molecule has 2 aromatic rings. The van der Waals surface area contributed by atoms with Crippen LogP contribution in [0.25, 0.3) is 11.1 Å². The van der Waals surface area contributed by atoms with Gasteiger partial charge in [0.2, 0.25) is 0 Å². The number of hydrogen-bond donors (Lipinski definition) is 2. The molecule has 2 N–H and O–H groups in total. The number of aryl methyl sites for hydroxylation is 1. The van der Waals surface area contributed by atoms with Crippen molar-refractivity contribution in [2.45, 2.75) is 33.6 Å². The minimum absolute atomic E-state index is 0.0415. The second-order valence-corrected chi connectivity index (χ2v) is 6.13. The van der Waals surface area contributed by atoms with E-state index >= 15 is 0 Å². The molecule has 0 aliphatic carbocycles. The van der Waals surface area contributed by atoms with E-state index in [-0.39, 0.29) is 11.8 Å². The molecule has 0 saturated heterocycles. The van der Waals surface area contributed by atoms with Crippen LogP contribution in [0.2, 0.25) is 0 Å². The summed E-state index contributed by atoms with van der Waals surface area (Å²) < 4.78 is 1.80. The second kappa shape index (κ2) is 5.70. The van der Waals surface area contributed by atoms with Crippen LogP contribution >= 0.6 is 11.3 Å². The highest BCUT2D eigenvalue weighted by atomic mass is 32.1. The largest absolute Gasteiger partial charge is 0.337 e. The summed E-state index contributed by atoms with van der Waals surface area (Å²) >= 11 is 1.62. The van der Waals surface area contributed by atoms with Crippen molar-refractivity contribution in [1.82, 2.24) is 9.88 Å². The summed E-state index contributed by atoms with van der Waals surface area (Å²) in [7, 11) is 1.84. The van der Waals surface area contributed by atoms with Gasteiger partial charge in [0.15, 0.2) is 6.29 Å². The molecule has 6 heteroatoms. The zero-order valence-corrected chi connectivity index (χ0v) is 14.0. The Kier molecular flexibility index (Phi) is 3.88. The van der Waals surface area contributed by atoms with E-state index in [1.807, 2.05) is 39.3 Å². The lowest BCUT2D eigenvalue weighted by Gasteiger charge is -2.27. The predicted octanol–water partition coefficient (Wildman–Crippen LogP) is 2.64. The SMILES string of the molecule is CCn1c2c(cc(-c3cscc3C)c1=O)C(C)=NC(NC)N2. The zero-order valence-electron chi connectivity index (χ0n) is 13.2. The van der Waals surface area contributed by atoms with Crippen LogP contribution in [-0.4, -0.2) is 23.6 Å². The molecule has 0 saturated carbocycles. The lowest BCUT2D eigenvalue weighted by atomic mass is 10.0. The van der Waals surface area contributed by atoms with Gasteiger partial charge in [-0.05, 0) is 50.2 Å². The highest BCUT2D eigenvalue weighted by Crippen LogP contribution is 2.29. The Morgan fingerprint density at radius 2 is 2.09 bits per heavy atom. The van der Waals surface area contributed by atoms with Crippen molar-refractivity contribution in [2.24, 2.45) is 4.99 Å². The van der Waals surface area contributed by atoms with Crippen LogP contribution in [0.15, 0.2) is 26.6 Å². The summed E-state index contributed by atoms with van der Waals surface area (Å²) in [6.07, 6.45) is -0.196. The standard InChI is InChI=1S/C16H20N4OS/c1-5-20-14-11(10(3)18-16(17-4)19-14)6-12(15(20)21)13-8-22-7-9(13)2/h6-8,16-17,19H,5H2,1-4H3. The van der Waals surface area contributed by atoms with Gasteiger partial charge in [-0.25, -0.2) is 4.99 Å². The first-order valence-electron chi connectivity index (χ1n) is 7.36. The van der Waals surface area contributed by atoms with E-state index in [0.29, 0.717) is 6.54 Å². The molecule has 0 radical (unpaired) electrons. The van der Waals surface area contributed by atoms with Crippen LogP contribution in [0.4, 0.5) is 5.82 Å². The smallest absolute Gasteiger partial charge is 0.260 e. The first kappa shape index (κ1) is 15.0. The number of pyridine rings is 1. The molecule has 3 rings (SSSR count). The quantitative estimate of drug-likeness (QED) is 0.915. The summed E-state index contributed by atoms with van der Waals surface area (Å²) in [4.78, 5) is 17.5. The average molecular weight is 316 g/mol. The third-order valence-corrected chi connectivity index (χ3v) is 4.87. The van der Waals surface area contributed by atoms with Gasteiger partial charge in [-0.2, -0.15) is 11.3 Å². The van der Waals surface area contributed by atoms with E-state index < -0.39 is 0 Å². The van der Waals surface area contributed by atoms with Crippen molar-refractivity contribution in [1.29, 1.82) is 0 Å². The molecule has 5 nitrogen and oxygen atoms in total. The van der Waals surface area contributed by atoms with Crippen LogP contribution < -0.4 is 16.2 Å². The van der Waals surface area contributed by atoms with Crippen molar-refractivity contribution < 1.29 is 0 Å². The Morgan fingerprint density at radius 1 is 1.32 bits per heavy atom. The molecule has 0 fully saturated rings. The van der Waals surface area contributed by atoms with E-state index in [1.165, 1.54) is 0 Å². The minimum atomic E-state index is -0.196. The molecule has 1 aliphatic rings. The first-order valence-corrected chi connectivity index (χ1v) is 8.30. The highest BCUT2D eigenvalue weighted by molar-refractivity contribution is 7.08. The molecule has 1 aliphatic heterocycles. The lowest BCUT2D eigenvalue weighted by Crippen LogP contribution is -2.39. The van der Waals surface area contributed by atoms with E-state index in [4.69, 9.17) is 0 Å². The molecule has 0 aromatic carbocycles. The monoisotopic (exact) mass is 316 g/mol. The Balaban J connectivity index is 2.28. The Hall–Kier alpha value is -1.92. The summed E-state index contributed by atoms with van der Waals surface area (Å²) in [5.41, 5.74) is 4.87. The fraction of sp³-hybridized carbons (Fsp3) is 0.375. The first-order chi connectivity index (χ1) is 10.6. The highest BCUT2D eigenvalue weighted by Gasteiger charge is 2.23. The molecule has 0 bridgehead atoms. The van der Waals surface area contributed by atoms with Gasteiger partial charge >= 0.3 is 0 Å². The molecule has 3 heterocycles. The van der Waals surface area contributed by atoms with E-state index in [0.717, 1.165) is 33.8 Å². The Labute approximate surface area is 133 Å². The molecule has 1 unspecified atom stereocenters. The normalized spacial score (nSPS) is 16.9.